The largest absolute Gasteiger partial charge is 0.490 e. The first-order chi connectivity index (χ1) is 15.9. The molecule has 8 heteroatoms. The zero-order valence-electron chi connectivity index (χ0n) is 18.9. The molecule has 0 spiro atoms. The van der Waals surface area contributed by atoms with Crippen LogP contribution in [0.1, 0.15) is 36.5 Å². The second kappa shape index (κ2) is 10.0. The highest BCUT2D eigenvalue weighted by molar-refractivity contribution is 8.26. The van der Waals surface area contributed by atoms with E-state index in [1.54, 1.807) is 6.08 Å². The van der Waals surface area contributed by atoms with E-state index in [2.05, 4.69) is 30.9 Å². The van der Waals surface area contributed by atoms with Crippen molar-refractivity contribution in [1.29, 1.82) is 5.41 Å². The van der Waals surface area contributed by atoms with Crippen LogP contribution in [0.4, 0.5) is 0 Å². The number of nitrogens with one attached hydrogen (secondary N) is 1. The van der Waals surface area contributed by atoms with Crippen LogP contribution < -0.4 is 9.47 Å². The molecule has 0 atom stereocenters. The summed E-state index contributed by atoms with van der Waals surface area (Å²) in [5, 5.41) is 15.6. The molecule has 0 aromatic heterocycles. The van der Waals surface area contributed by atoms with E-state index < -0.39 is 5.91 Å². The van der Waals surface area contributed by atoms with Gasteiger partial charge >= 0.3 is 0 Å². The zero-order valence-corrected chi connectivity index (χ0v) is 19.7. The van der Waals surface area contributed by atoms with Crippen LogP contribution in [0, 0.1) is 19.3 Å². The lowest BCUT2D eigenvalue weighted by atomic mass is 10.1. The number of ether oxygens (including phenoxy) is 2. The van der Waals surface area contributed by atoms with Crippen LogP contribution in [0.25, 0.3) is 6.08 Å². The van der Waals surface area contributed by atoms with E-state index in [9.17, 15) is 4.79 Å². The van der Waals surface area contributed by atoms with E-state index in [0.717, 1.165) is 29.2 Å². The van der Waals surface area contributed by atoms with Crippen molar-refractivity contribution in [3.63, 3.8) is 0 Å². The molecule has 0 aliphatic carbocycles. The molecule has 0 unspecified atom stereocenters. The van der Waals surface area contributed by atoms with Gasteiger partial charge in [0.1, 0.15) is 29.8 Å². The van der Waals surface area contributed by atoms with Crippen molar-refractivity contribution in [2.45, 2.75) is 33.6 Å². The summed E-state index contributed by atoms with van der Waals surface area (Å²) in [7, 11) is 0. The Morgan fingerprint density at radius 1 is 1.03 bits per heavy atom. The number of nitrogens with zero attached hydrogens (tertiary/aromatic N) is 3. The number of amides is 1. The minimum absolute atomic E-state index is 0.0485. The number of benzene rings is 2. The van der Waals surface area contributed by atoms with Gasteiger partial charge in [0.25, 0.3) is 5.91 Å². The van der Waals surface area contributed by atoms with Crippen molar-refractivity contribution in [2.24, 2.45) is 10.1 Å². The van der Waals surface area contributed by atoms with Gasteiger partial charge in [-0.15, -0.1) is 0 Å². The van der Waals surface area contributed by atoms with Crippen molar-refractivity contribution < 1.29 is 14.3 Å². The predicted octanol–water partition coefficient (Wildman–Crippen LogP) is 5.18. The maximum atomic E-state index is 12.5. The van der Waals surface area contributed by atoms with Crippen molar-refractivity contribution in [1.82, 2.24) is 5.01 Å². The summed E-state index contributed by atoms with van der Waals surface area (Å²) >= 11 is 1.36. The summed E-state index contributed by atoms with van der Waals surface area (Å²) in [6.45, 7) is 7.05. The molecule has 4 rings (SSSR count). The zero-order chi connectivity index (χ0) is 23.4. The first-order valence-electron chi connectivity index (χ1n) is 10.9. The summed E-state index contributed by atoms with van der Waals surface area (Å²) in [6, 6.07) is 13.4. The Morgan fingerprint density at radius 2 is 1.73 bits per heavy atom. The van der Waals surface area contributed by atoms with Gasteiger partial charge in [0, 0.05) is 0 Å². The van der Waals surface area contributed by atoms with Crippen molar-refractivity contribution in [3.8, 4) is 11.5 Å². The van der Waals surface area contributed by atoms with Crippen LogP contribution in [-0.4, -0.2) is 40.2 Å². The highest BCUT2D eigenvalue weighted by Crippen LogP contribution is 2.30. The molecular formula is C25H26N4O3S. The maximum Gasteiger partial charge on any atom is 0.283 e. The van der Waals surface area contributed by atoms with E-state index in [4.69, 9.17) is 14.9 Å². The fourth-order valence-corrected chi connectivity index (χ4v) is 4.28. The smallest absolute Gasteiger partial charge is 0.283 e. The second-order valence-electron chi connectivity index (χ2n) is 7.78. The van der Waals surface area contributed by atoms with Crippen LogP contribution >= 0.6 is 11.8 Å². The Kier molecular flexibility index (Phi) is 6.93. The Balaban J connectivity index is 1.34. The molecule has 0 radical (unpaired) electrons. The lowest BCUT2D eigenvalue weighted by Gasteiger charge is -2.20. The molecule has 2 aromatic rings. The van der Waals surface area contributed by atoms with E-state index in [1.165, 1.54) is 27.9 Å². The molecule has 2 aromatic carbocycles. The average Bonchev–Trinajstić information content (AvgIpc) is 3.20. The van der Waals surface area contributed by atoms with Crippen molar-refractivity contribution >= 4 is 39.8 Å². The monoisotopic (exact) mass is 462 g/mol. The molecule has 1 N–H and O–H groups in total. The van der Waals surface area contributed by atoms with Gasteiger partial charge in [-0.3, -0.25) is 10.2 Å². The molecule has 2 aliphatic heterocycles. The van der Waals surface area contributed by atoms with Gasteiger partial charge in [0.15, 0.2) is 5.84 Å². The van der Waals surface area contributed by atoms with Gasteiger partial charge in [-0.25, -0.2) is 0 Å². The number of carbonyl (C=O) groups is 1. The highest BCUT2D eigenvalue weighted by Gasteiger charge is 2.35. The number of hydrogen-bond donors (Lipinski definition) is 1. The summed E-state index contributed by atoms with van der Waals surface area (Å²) < 4.78 is 11.5. The first kappa shape index (κ1) is 22.8. The minimum atomic E-state index is -0.421. The molecular weight excluding hydrogens is 436 g/mol. The molecule has 33 heavy (non-hydrogen) atoms. The molecule has 0 saturated carbocycles. The standard InChI is InChI=1S/C25H26N4O3S/c1-4-5-22-28-29-23(26)21(24(30)27-25(29)33-22)15-18-7-10-19(11-8-18)31-12-13-32-20-9-6-16(2)17(3)14-20/h6-11,14-15,26H,4-5,12-13H2,1-3H3/b21-15-,26-23?. The summed E-state index contributed by atoms with van der Waals surface area (Å²) in [6.07, 6.45) is 3.41. The van der Waals surface area contributed by atoms with Crippen molar-refractivity contribution in [3.05, 3.63) is 64.7 Å². The van der Waals surface area contributed by atoms with Crippen LogP contribution in [0.2, 0.25) is 0 Å². The van der Waals surface area contributed by atoms with Gasteiger partial charge in [-0.1, -0.05) is 25.1 Å². The quantitative estimate of drug-likeness (QED) is 0.431. The number of fused-ring (bicyclic) bond motifs is 1. The van der Waals surface area contributed by atoms with Crippen molar-refractivity contribution in [2.75, 3.05) is 13.2 Å². The van der Waals surface area contributed by atoms with Gasteiger partial charge in [-0.2, -0.15) is 15.1 Å². The van der Waals surface area contributed by atoms with Crippen LogP contribution in [0.5, 0.6) is 11.5 Å². The lowest BCUT2D eigenvalue weighted by molar-refractivity contribution is -0.114. The molecule has 0 saturated heterocycles. The lowest BCUT2D eigenvalue weighted by Crippen LogP contribution is -2.35. The number of amidine groups is 2. The normalized spacial score (nSPS) is 16.6. The molecule has 1 amide bonds. The third-order valence-corrected chi connectivity index (χ3v) is 6.22. The van der Waals surface area contributed by atoms with Gasteiger partial charge in [0.2, 0.25) is 5.17 Å². The fraction of sp³-hybridized carbons (Fsp3) is 0.280. The summed E-state index contributed by atoms with van der Waals surface area (Å²) in [5.41, 5.74) is 3.43. The molecule has 2 heterocycles. The second-order valence-corrected chi connectivity index (χ2v) is 8.82. The van der Waals surface area contributed by atoms with Gasteiger partial charge in [0.05, 0.1) is 5.57 Å². The average molecular weight is 463 g/mol. The van der Waals surface area contributed by atoms with Gasteiger partial charge in [-0.05, 0) is 85.5 Å². The SMILES string of the molecule is CCCC1=NN2C(=N)/C(=C/c3ccc(OCCOc4ccc(C)c(C)c4)cc3)C(=O)N=C2S1. The third kappa shape index (κ3) is 5.34. The molecule has 7 nitrogen and oxygen atoms in total. The molecule has 0 fully saturated rings. The minimum Gasteiger partial charge on any atom is -0.490 e. The number of thioether (sulfide) groups is 1. The van der Waals surface area contributed by atoms with Crippen LogP contribution in [-0.2, 0) is 4.79 Å². The highest BCUT2D eigenvalue weighted by atomic mass is 32.2. The van der Waals surface area contributed by atoms with Crippen LogP contribution in [0.15, 0.2) is 58.1 Å². The van der Waals surface area contributed by atoms with E-state index >= 15 is 0 Å². The number of aryl methyl sites for hydroxylation is 2. The van der Waals surface area contributed by atoms with E-state index in [-0.39, 0.29) is 11.4 Å². The Labute approximate surface area is 197 Å². The maximum absolute atomic E-state index is 12.5. The fourth-order valence-electron chi connectivity index (χ4n) is 3.30. The van der Waals surface area contributed by atoms with Crippen LogP contribution in [0.3, 0.4) is 0 Å². The summed E-state index contributed by atoms with van der Waals surface area (Å²) in [5.74, 6) is 1.16. The third-order valence-electron chi connectivity index (χ3n) is 5.25. The number of hydrazone groups is 1. The number of hydrogen-bond acceptors (Lipinski definition) is 6. The van der Waals surface area contributed by atoms with E-state index in [1.807, 2.05) is 42.5 Å². The molecule has 170 valence electrons. The van der Waals surface area contributed by atoms with E-state index in [0.29, 0.717) is 24.1 Å². The Bertz CT molecular complexity index is 1170. The Morgan fingerprint density at radius 3 is 2.42 bits per heavy atom. The number of aliphatic imine (C=N–C) groups is 1. The predicted molar refractivity (Wildman–Crippen MR) is 133 cm³/mol. The molecule has 2 aliphatic rings. The first-order valence-corrected chi connectivity index (χ1v) is 11.7. The number of carbonyl (C=O) groups excluding carboxylic acids is 1. The van der Waals surface area contributed by atoms with Gasteiger partial charge < -0.3 is 9.47 Å². The molecule has 0 bridgehead atoms. The number of rotatable bonds is 8. The summed E-state index contributed by atoms with van der Waals surface area (Å²) in [4.78, 5) is 16.6. The topological polar surface area (TPSA) is 87.3 Å². The Hall–Kier alpha value is -3.39.